The van der Waals surface area contributed by atoms with Gasteiger partial charge in [0.2, 0.25) is 0 Å². The van der Waals surface area contributed by atoms with Crippen LogP contribution in [0.4, 0.5) is 0 Å². The Morgan fingerprint density at radius 2 is 2.04 bits per heavy atom. The van der Waals surface area contributed by atoms with E-state index in [0.29, 0.717) is 24.4 Å². The fourth-order valence-electron chi connectivity index (χ4n) is 2.37. The van der Waals surface area contributed by atoms with Gasteiger partial charge in [-0.2, -0.15) is 0 Å². The van der Waals surface area contributed by atoms with Gasteiger partial charge in [-0.05, 0) is 29.6 Å². The molecule has 0 radical (unpaired) electrons. The molecule has 0 amide bonds. The Balaban J connectivity index is 1.78. The summed E-state index contributed by atoms with van der Waals surface area (Å²) in [7, 11) is 1.37. The van der Waals surface area contributed by atoms with Crippen molar-refractivity contribution in [2.24, 2.45) is 0 Å². The first-order valence-electron chi connectivity index (χ1n) is 7.18. The number of hydrogen-bond acceptors (Lipinski definition) is 6. The molecule has 3 aromatic rings. The van der Waals surface area contributed by atoms with Gasteiger partial charge in [0, 0.05) is 11.4 Å². The predicted octanol–water partition coefficient (Wildman–Crippen LogP) is 3.92. The molecule has 0 saturated heterocycles. The fraction of sp³-hybridized carbons (Fsp3) is 0.235. The van der Waals surface area contributed by atoms with Gasteiger partial charge in [-0.15, -0.1) is 11.3 Å². The van der Waals surface area contributed by atoms with Crippen molar-refractivity contribution < 1.29 is 18.4 Å². The van der Waals surface area contributed by atoms with Crippen LogP contribution in [-0.2, 0) is 24.4 Å². The quantitative estimate of drug-likeness (QED) is 0.614. The highest BCUT2D eigenvalue weighted by Gasteiger charge is 2.19. The van der Waals surface area contributed by atoms with Gasteiger partial charge in [0.15, 0.2) is 0 Å². The summed E-state index contributed by atoms with van der Waals surface area (Å²) in [5, 5.41) is 2.05. The number of hydrogen-bond donors (Lipinski definition) is 0. The van der Waals surface area contributed by atoms with Crippen molar-refractivity contribution in [2.45, 2.75) is 19.6 Å². The van der Waals surface area contributed by atoms with Gasteiger partial charge < -0.3 is 13.6 Å². The Morgan fingerprint density at radius 3 is 2.74 bits per heavy atom. The minimum absolute atomic E-state index is 0.386. The fourth-order valence-corrected chi connectivity index (χ4v) is 3.12. The second kappa shape index (κ2) is 7.30. The maximum absolute atomic E-state index is 11.8. The van der Waals surface area contributed by atoms with E-state index in [4.69, 9.17) is 13.6 Å². The Morgan fingerprint density at radius 1 is 1.13 bits per heavy atom. The topological polar surface area (TPSA) is 55.8 Å². The van der Waals surface area contributed by atoms with Crippen LogP contribution in [0.1, 0.15) is 26.8 Å². The van der Waals surface area contributed by atoms with Crippen molar-refractivity contribution in [1.29, 1.82) is 0 Å². The number of rotatable bonds is 7. The molecule has 0 aromatic carbocycles. The molecular formula is C17H17NO4S. The molecule has 120 valence electrons. The molecule has 5 nitrogen and oxygen atoms in total. The number of esters is 1. The average molecular weight is 331 g/mol. The zero-order valence-corrected chi connectivity index (χ0v) is 13.5. The number of furan rings is 2. The molecule has 0 aliphatic carbocycles. The SMILES string of the molecule is COC(=O)c1ccoc1CN(Cc1ccco1)Cc1cccs1. The van der Waals surface area contributed by atoms with E-state index >= 15 is 0 Å². The highest BCUT2D eigenvalue weighted by atomic mass is 32.1. The van der Waals surface area contributed by atoms with E-state index in [9.17, 15) is 4.79 Å². The van der Waals surface area contributed by atoms with Crippen LogP contribution in [0.5, 0.6) is 0 Å². The highest BCUT2D eigenvalue weighted by Crippen LogP contribution is 2.20. The number of carbonyl (C=O) groups excluding carboxylic acids is 1. The molecular weight excluding hydrogens is 314 g/mol. The zero-order chi connectivity index (χ0) is 16.1. The highest BCUT2D eigenvalue weighted by molar-refractivity contribution is 7.09. The van der Waals surface area contributed by atoms with Gasteiger partial charge in [0.25, 0.3) is 0 Å². The van der Waals surface area contributed by atoms with Gasteiger partial charge in [-0.25, -0.2) is 4.79 Å². The minimum Gasteiger partial charge on any atom is -0.468 e. The Kier molecular flexibility index (Phi) is 4.95. The minimum atomic E-state index is -0.386. The van der Waals surface area contributed by atoms with E-state index in [2.05, 4.69) is 11.0 Å². The lowest BCUT2D eigenvalue weighted by Crippen LogP contribution is -2.22. The molecule has 0 N–H and O–H groups in total. The number of nitrogens with zero attached hydrogens (tertiary/aromatic N) is 1. The van der Waals surface area contributed by atoms with Crippen LogP contribution in [0.3, 0.4) is 0 Å². The standard InChI is InChI=1S/C17H17NO4S/c1-20-17(19)15-6-8-22-16(15)12-18(10-13-4-2-7-21-13)11-14-5-3-9-23-14/h2-9H,10-12H2,1H3. The molecule has 0 bridgehead atoms. The van der Waals surface area contributed by atoms with Crippen molar-refractivity contribution >= 4 is 17.3 Å². The van der Waals surface area contributed by atoms with Crippen molar-refractivity contribution in [3.8, 4) is 0 Å². The van der Waals surface area contributed by atoms with Gasteiger partial charge in [0.05, 0.1) is 32.7 Å². The lowest BCUT2D eigenvalue weighted by Gasteiger charge is -2.19. The van der Waals surface area contributed by atoms with Gasteiger partial charge in [-0.1, -0.05) is 6.07 Å². The summed E-state index contributed by atoms with van der Waals surface area (Å²) in [5.41, 5.74) is 0.461. The Bertz CT molecular complexity index is 694. The van der Waals surface area contributed by atoms with Crippen LogP contribution in [0.25, 0.3) is 0 Å². The summed E-state index contributed by atoms with van der Waals surface area (Å²) >= 11 is 1.70. The third-order valence-corrected chi connectivity index (χ3v) is 4.30. The summed E-state index contributed by atoms with van der Waals surface area (Å²) in [6, 6.07) is 9.55. The molecule has 0 unspecified atom stereocenters. The predicted molar refractivity (Wildman–Crippen MR) is 86.0 cm³/mol. The first-order valence-corrected chi connectivity index (χ1v) is 8.06. The van der Waals surface area contributed by atoms with Crippen molar-refractivity contribution in [3.63, 3.8) is 0 Å². The molecule has 6 heteroatoms. The molecule has 3 heterocycles. The van der Waals surface area contributed by atoms with Crippen molar-refractivity contribution in [3.05, 3.63) is 70.2 Å². The van der Waals surface area contributed by atoms with E-state index in [-0.39, 0.29) is 5.97 Å². The van der Waals surface area contributed by atoms with Crippen LogP contribution >= 0.6 is 11.3 Å². The molecule has 3 aromatic heterocycles. The monoisotopic (exact) mass is 331 g/mol. The number of ether oxygens (including phenoxy) is 1. The van der Waals surface area contributed by atoms with Gasteiger partial charge in [-0.3, -0.25) is 4.90 Å². The summed E-state index contributed by atoms with van der Waals surface area (Å²) < 4.78 is 15.7. The maximum Gasteiger partial charge on any atom is 0.341 e. The van der Waals surface area contributed by atoms with E-state index in [1.54, 1.807) is 23.7 Å². The maximum atomic E-state index is 11.8. The Labute approximate surface area is 138 Å². The molecule has 0 fully saturated rings. The van der Waals surface area contributed by atoms with E-state index in [1.807, 2.05) is 23.6 Å². The molecule has 0 aliphatic rings. The number of thiophene rings is 1. The molecule has 23 heavy (non-hydrogen) atoms. The van der Waals surface area contributed by atoms with Crippen molar-refractivity contribution in [1.82, 2.24) is 4.90 Å². The molecule has 0 atom stereocenters. The molecule has 3 rings (SSSR count). The molecule has 0 saturated carbocycles. The smallest absolute Gasteiger partial charge is 0.341 e. The van der Waals surface area contributed by atoms with Gasteiger partial charge >= 0.3 is 5.97 Å². The normalized spacial score (nSPS) is 11.0. The van der Waals surface area contributed by atoms with E-state index in [1.165, 1.54) is 18.3 Å². The number of methoxy groups -OCH3 is 1. The first-order chi connectivity index (χ1) is 11.3. The third kappa shape index (κ3) is 3.91. The van der Waals surface area contributed by atoms with Crippen LogP contribution in [0, 0.1) is 0 Å². The van der Waals surface area contributed by atoms with Gasteiger partial charge in [0.1, 0.15) is 17.1 Å². The molecule has 0 spiro atoms. The second-order valence-corrected chi connectivity index (χ2v) is 6.09. The second-order valence-electron chi connectivity index (χ2n) is 5.05. The van der Waals surface area contributed by atoms with Crippen LogP contribution in [0.15, 0.2) is 57.1 Å². The van der Waals surface area contributed by atoms with Crippen molar-refractivity contribution in [2.75, 3.05) is 7.11 Å². The zero-order valence-electron chi connectivity index (χ0n) is 12.7. The van der Waals surface area contributed by atoms with E-state index < -0.39 is 0 Å². The van der Waals surface area contributed by atoms with Crippen LogP contribution in [0.2, 0.25) is 0 Å². The average Bonchev–Trinajstić information content (AvgIpc) is 3.28. The van der Waals surface area contributed by atoms with Crippen LogP contribution in [-0.4, -0.2) is 18.0 Å². The lowest BCUT2D eigenvalue weighted by molar-refractivity contribution is 0.0596. The largest absolute Gasteiger partial charge is 0.468 e. The first kappa shape index (κ1) is 15.6. The summed E-state index contributed by atoms with van der Waals surface area (Å²) in [6.45, 7) is 1.88. The Hall–Kier alpha value is -2.31. The molecule has 0 aliphatic heterocycles. The summed E-state index contributed by atoms with van der Waals surface area (Å²) in [4.78, 5) is 15.2. The third-order valence-electron chi connectivity index (χ3n) is 3.44. The summed E-state index contributed by atoms with van der Waals surface area (Å²) in [5.74, 6) is 1.08. The number of carbonyl (C=O) groups is 1. The van der Waals surface area contributed by atoms with E-state index in [0.717, 1.165) is 12.3 Å². The lowest BCUT2D eigenvalue weighted by atomic mass is 10.2. The van der Waals surface area contributed by atoms with Crippen LogP contribution < -0.4 is 0 Å². The summed E-state index contributed by atoms with van der Waals surface area (Å²) in [6.07, 6.45) is 3.17.